The Morgan fingerprint density at radius 1 is 0.248 bits per heavy atom. The van der Waals surface area contributed by atoms with Crippen molar-refractivity contribution in [3.63, 3.8) is 0 Å². The number of carbonyl (C=O) groups excluding carboxylic acids is 4. The maximum atomic E-state index is 13.2. The summed E-state index contributed by atoms with van der Waals surface area (Å²) in [6.45, 7) is 7.35. The van der Waals surface area contributed by atoms with Crippen LogP contribution in [0.4, 0.5) is 0 Å². The third-order valence-electron chi connectivity index (χ3n) is 21.3. The summed E-state index contributed by atoms with van der Waals surface area (Å²) in [7, 11) is -9.93. The molecule has 17 nitrogen and oxygen atoms in total. The smallest absolute Gasteiger partial charge is 0.462 e. The second kappa shape index (κ2) is 82.6. The molecule has 109 heavy (non-hydrogen) atoms. The number of rotatable bonds is 90. The number of phosphoric ester groups is 2. The Hall–Kier alpha value is -1.94. The highest BCUT2D eigenvalue weighted by Crippen LogP contribution is 2.45. The molecule has 19 heteroatoms. The van der Waals surface area contributed by atoms with Gasteiger partial charge in [0.1, 0.15) is 19.3 Å². The van der Waals surface area contributed by atoms with Crippen LogP contribution in [0.15, 0.2) is 0 Å². The van der Waals surface area contributed by atoms with Crippen LogP contribution in [0, 0.1) is 5.92 Å². The van der Waals surface area contributed by atoms with Crippen molar-refractivity contribution in [2.24, 2.45) is 5.92 Å². The molecule has 648 valence electrons. The van der Waals surface area contributed by atoms with E-state index in [0.717, 1.165) is 95.8 Å². The fourth-order valence-corrected chi connectivity index (χ4v) is 15.8. The van der Waals surface area contributed by atoms with Crippen molar-refractivity contribution in [1.29, 1.82) is 0 Å². The van der Waals surface area contributed by atoms with E-state index in [1.165, 1.54) is 315 Å². The van der Waals surface area contributed by atoms with Gasteiger partial charge in [0.25, 0.3) is 0 Å². The minimum atomic E-state index is -4.97. The van der Waals surface area contributed by atoms with Gasteiger partial charge in [-0.25, -0.2) is 9.13 Å². The molecule has 0 aliphatic heterocycles. The number of unbranched alkanes of at least 4 members (excludes halogenated alkanes) is 62. The average molecular weight is 1590 g/mol. The SMILES string of the molecule is CCCCCCCCCCCCCCCCCCCCCCCCC(=O)O[C@H](COC(=O)CCCCCCCCCCCCCCCCCCCCC)COP(=O)(O)OC[C@@H](O)COP(=O)(O)OC[C@@H](COC(=O)CCCCCCCCCCC(C)C)OC(=O)CCCCCCCCCCCCCCCCCCC. The van der Waals surface area contributed by atoms with E-state index >= 15 is 0 Å². The molecule has 0 bridgehead atoms. The van der Waals surface area contributed by atoms with Crippen molar-refractivity contribution in [3.8, 4) is 0 Å². The second-order valence-electron chi connectivity index (χ2n) is 32.8. The molecule has 0 aliphatic rings. The van der Waals surface area contributed by atoms with Gasteiger partial charge >= 0.3 is 39.5 Å². The number of aliphatic hydroxyl groups is 1. The Bertz CT molecular complexity index is 2070. The molecule has 0 aromatic heterocycles. The van der Waals surface area contributed by atoms with Crippen molar-refractivity contribution < 1.29 is 80.2 Å². The van der Waals surface area contributed by atoms with E-state index in [1.807, 2.05) is 0 Å². The van der Waals surface area contributed by atoms with Gasteiger partial charge in [-0.1, -0.05) is 439 Å². The van der Waals surface area contributed by atoms with Crippen LogP contribution in [0.1, 0.15) is 490 Å². The van der Waals surface area contributed by atoms with E-state index < -0.39 is 97.5 Å². The molecule has 2 unspecified atom stereocenters. The molecule has 0 rings (SSSR count). The number of aliphatic hydroxyl groups excluding tert-OH is 1. The van der Waals surface area contributed by atoms with Crippen molar-refractivity contribution in [3.05, 3.63) is 0 Å². The molecule has 0 aliphatic carbocycles. The van der Waals surface area contributed by atoms with E-state index in [-0.39, 0.29) is 25.7 Å². The third-order valence-corrected chi connectivity index (χ3v) is 23.2. The van der Waals surface area contributed by atoms with Gasteiger partial charge < -0.3 is 33.8 Å². The van der Waals surface area contributed by atoms with Gasteiger partial charge in [-0.3, -0.25) is 37.3 Å². The molecule has 0 heterocycles. The highest BCUT2D eigenvalue weighted by Gasteiger charge is 2.31. The lowest BCUT2D eigenvalue weighted by Crippen LogP contribution is -2.30. The zero-order chi connectivity index (χ0) is 79.7. The van der Waals surface area contributed by atoms with Gasteiger partial charge in [0.05, 0.1) is 26.4 Å². The number of esters is 4. The highest BCUT2D eigenvalue weighted by molar-refractivity contribution is 7.47. The van der Waals surface area contributed by atoms with Crippen molar-refractivity contribution in [1.82, 2.24) is 0 Å². The summed E-state index contributed by atoms with van der Waals surface area (Å²) in [5.41, 5.74) is 0. The Morgan fingerprint density at radius 2 is 0.422 bits per heavy atom. The lowest BCUT2D eigenvalue weighted by Gasteiger charge is -2.21. The highest BCUT2D eigenvalue weighted by atomic mass is 31.2. The second-order valence-corrected chi connectivity index (χ2v) is 35.7. The number of phosphoric acid groups is 2. The first-order valence-corrected chi connectivity index (χ1v) is 49.6. The van der Waals surface area contributed by atoms with Crippen LogP contribution in [0.25, 0.3) is 0 Å². The quantitative estimate of drug-likeness (QED) is 0.0222. The largest absolute Gasteiger partial charge is 0.472 e. The van der Waals surface area contributed by atoms with Crippen LogP contribution in [0.2, 0.25) is 0 Å². The molecule has 0 saturated heterocycles. The predicted octanol–water partition coefficient (Wildman–Crippen LogP) is 27.9. The van der Waals surface area contributed by atoms with Crippen LogP contribution in [-0.2, 0) is 65.4 Å². The Labute approximate surface area is 670 Å². The molecule has 0 fully saturated rings. The van der Waals surface area contributed by atoms with Gasteiger partial charge in [0, 0.05) is 25.7 Å². The number of hydrogen-bond acceptors (Lipinski definition) is 15. The third kappa shape index (κ3) is 83.8. The lowest BCUT2D eigenvalue weighted by atomic mass is 10.0. The zero-order valence-corrected chi connectivity index (χ0v) is 73.5. The van der Waals surface area contributed by atoms with Crippen LogP contribution in [0.5, 0.6) is 0 Å². The Kier molecular flexibility index (Phi) is 81.1. The van der Waals surface area contributed by atoms with Crippen molar-refractivity contribution >= 4 is 39.5 Å². The maximum absolute atomic E-state index is 13.2. The molecule has 5 atom stereocenters. The van der Waals surface area contributed by atoms with E-state index in [2.05, 4.69) is 34.6 Å². The van der Waals surface area contributed by atoms with E-state index in [4.69, 9.17) is 37.0 Å². The van der Waals surface area contributed by atoms with Crippen LogP contribution in [0.3, 0.4) is 0 Å². The summed E-state index contributed by atoms with van der Waals surface area (Å²) in [4.78, 5) is 73.4. The molecule has 0 aromatic rings. The summed E-state index contributed by atoms with van der Waals surface area (Å²) >= 11 is 0. The van der Waals surface area contributed by atoms with Gasteiger partial charge in [-0.2, -0.15) is 0 Å². The lowest BCUT2D eigenvalue weighted by molar-refractivity contribution is -0.161. The maximum Gasteiger partial charge on any atom is 0.472 e. The molecule has 0 aromatic carbocycles. The summed E-state index contributed by atoms with van der Waals surface area (Å²) in [6.07, 6.45) is 78.0. The summed E-state index contributed by atoms with van der Waals surface area (Å²) in [6, 6.07) is 0. The number of hydrogen-bond donors (Lipinski definition) is 3. The van der Waals surface area contributed by atoms with E-state index in [0.29, 0.717) is 25.7 Å². The van der Waals surface area contributed by atoms with Gasteiger partial charge in [-0.15, -0.1) is 0 Å². The number of ether oxygens (including phenoxy) is 4. The molecule has 0 radical (unpaired) electrons. The zero-order valence-electron chi connectivity index (χ0n) is 71.7. The first kappa shape index (κ1) is 107. The predicted molar refractivity (Wildman–Crippen MR) is 451 cm³/mol. The standard InChI is InChI=1S/C90H176O17P2/c1-6-9-12-15-18-21-24-27-30-33-35-36-37-39-42-45-48-51-54-61-66-71-75-89(94)106-85(79-100-87(92)73-68-63-58-52-49-46-43-41-38-34-31-28-25-22-19-16-13-10-7-2)81-104-108(96,97)102-77-84(91)78-103-109(98,99)105-82-86(80-101-88(93)74-69-64-59-56-55-57-62-67-72-83(4)5)107-90(95)76-70-65-60-53-50-47-44-40-32-29-26-23-20-17-14-11-8-3/h83-86,91H,6-82H2,1-5H3,(H,96,97)(H,98,99)/t84-,85-,86-/m1/s1. The Morgan fingerprint density at radius 3 is 0.624 bits per heavy atom. The first-order valence-electron chi connectivity index (χ1n) is 46.6. The fourth-order valence-electron chi connectivity index (χ4n) is 14.2. The summed E-state index contributed by atoms with van der Waals surface area (Å²) < 4.78 is 69.0. The normalized spacial score (nSPS) is 13.7. The molecule has 0 saturated carbocycles. The topological polar surface area (TPSA) is 237 Å². The monoisotopic (exact) mass is 1590 g/mol. The van der Waals surface area contributed by atoms with Gasteiger partial charge in [-0.05, 0) is 31.6 Å². The number of carbonyl (C=O) groups is 4. The van der Waals surface area contributed by atoms with E-state index in [1.54, 1.807) is 0 Å². The van der Waals surface area contributed by atoms with Gasteiger partial charge in [0.2, 0.25) is 0 Å². The van der Waals surface area contributed by atoms with Crippen LogP contribution >= 0.6 is 15.6 Å². The summed E-state index contributed by atoms with van der Waals surface area (Å²) in [5.74, 6) is -1.37. The molecular weight excluding hydrogens is 1410 g/mol. The molecule has 0 spiro atoms. The van der Waals surface area contributed by atoms with E-state index in [9.17, 15) is 43.2 Å². The molecular formula is C90H176O17P2. The van der Waals surface area contributed by atoms with Crippen molar-refractivity contribution in [2.75, 3.05) is 39.6 Å². The fraction of sp³-hybridized carbons (Fsp3) is 0.956. The van der Waals surface area contributed by atoms with Crippen LogP contribution < -0.4 is 0 Å². The minimum absolute atomic E-state index is 0.108. The average Bonchev–Trinajstić information content (AvgIpc) is 0.899. The van der Waals surface area contributed by atoms with Crippen LogP contribution in [-0.4, -0.2) is 96.7 Å². The van der Waals surface area contributed by atoms with Crippen molar-refractivity contribution in [2.45, 2.75) is 509 Å². The first-order chi connectivity index (χ1) is 53.0. The minimum Gasteiger partial charge on any atom is -0.462 e. The summed E-state index contributed by atoms with van der Waals surface area (Å²) in [5, 5.41) is 10.7. The molecule has 3 N–H and O–H groups in total. The van der Waals surface area contributed by atoms with Gasteiger partial charge in [0.15, 0.2) is 12.2 Å². The Balaban J connectivity index is 5.23. The molecule has 0 amide bonds.